The van der Waals surface area contributed by atoms with Crippen molar-refractivity contribution in [3.63, 3.8) is 0 Å². The number of rotatable bonds is 7. The van der Waals surface area contributed by atoms with Crippen LogP contribution < -0.4 is 10.1 Å². The maximum Gasteiger partial charge on any atom is 0.329 e. The Hall–Kier alpha value is -2.04. The molecule has 0 saturated heterocycles. The normalized spacial score (nSPS) is 14.9. The predicted octanol–water partition coefficient (Wildman–Crippen LogP) is 2.52. The Kier molecular flexibility index (Phi) is 5.76. The summed E-state index contributed by atoms with van der Waals surface area (Å²) in [6.07, 6.45) is 0.268. The van der Waals surface area contributed by atoms with E-state index in [9.17, 15) is 14.7 Å². The van der Waals surface area contributed by atoms with Crippen LogP contribution in [-0.4, -0.2) is 28.6 Å². The number of carbonyl (C=O) groups is 2. The molecule has 116 valence electrons. The zero-order chi connectivity index (χ0) is 16.0. The van der Waals surface area contributed by atoms with Crippen LogP contribution in [-0.2, 0) is 9.59 Å². The molecule has 5 heteroatoms. The first kappa shape index (κ1) is 17.0. The largest absolute Gasteiger partial charge is 0.481 e. The van der Waals surface area contributed by atoms with E-state index in [0.29, 0.717) is 18.6 Å². The van der Waals surface area contributed by atoms with Gasteiger partial charge in [-0.15, -0.1) is 0 Å². The van der Waals surface area contributed by atoms with Crippen molar-refractivity contribution >= 4 is 11.9 Å². The molecule has 2 N–H and O–H groups in total. The summed E-state index contributed by atoms with van der Waals surface area (Å²) in [5, 5.41) is 11.8. The molecule has 0 spiro atoms. The SMILES string of the molecule is CCCC(C)(NC(=O)C(C)Oc1ccc(C)cc1)C(=O)O. The fraction of sp³-hybridized carbons (Fsp3) is 0.500. The van der Waals surface area contributed by atoms with Crippen LogP contribution in [0.3, 0.4) is 0 Å². The molecule has 0 radical (unpaired) electrons. The van der Waals surface area contributed by atoms with Gasteiger partial charge in [0.05, 0.1) is 0 Å². The van der Waals surface area contributed by atoms with Crippen molar-refractivity contribution in [2.45, 2.75) is 52.2 Å². The van der Waals surface area contributed by atoms with Crippen molar-refractivity contribution < 1.29 is 19.4 Å². The molecule has 21 heavy (non-hydrogen) atoms. The minimum Gasteiger partial charge on any atom is -0.481 e. The molecular formula is C16H23NO4. The quantitative estimate of drug-likeness (QED) is 0.810. The molecule has 0 aliphatic carbocycles. The van der Waals surface area contributed by atoms with Gasteiger partial charge in [0.15, 0.2) is 6.10 Å². The molecule has 0 fully saturated rings. The zero-order valence-electron chi connectivity index (χ0n) is 13.0. The summed E-state index contributed by atoms with van der Waals surface area (Å²) < 4.78 is 5.53. The van der Waals surface area contributed by atoms with Gasteiger partial charge in [0.1, 0.15) is 11.3 Å². The fourth-order valence-electron chi connectivity index (χ4n) is 1.97. The third-order valence-corrected chi connectivity index (χ3v) is 3.32. The monoisotopic (exact) mass is 293 g/mol. The van der Waals surface area contributed by atoms with E-state index in [4.69, 9.17) is 4.74 Å². The van der Waals surface area contributed by atoms with Crippen LogP contribution in [0.1, 0.15) is 39.2 Å². The number of nitrogens with one attached hydrogen (secondary N) is 1. The van der Waals surface area contributed by atoms with Crippen molar-refractivity contribution in [3.05, 3.63) is 29.8 Å². The molecule has 2 atom stereocenters. The topological polar surface area (TPSA) is 75.6 Å². The summed E-state index contributed by atoms with van der Waals surface area (Å²) in [5.74, 6) is -0.898. The van der Waals surface area contributed by atoms with E-state index in [2.05, 4.69) is 5.32 Å². The van der Waals surface area contributed by atoms with Crippen LogP contribution in [0.2, 0.25) is 0 Å². The highest BCUT2D eigenvalue weighted by atomic mass is 16.5. The van der Waals surface area contributed by atoms with Gasteiger partial charge in [-0.3, -0.25) is 4.79 Å². The molecule has 0 aliphatic rings. The Morgan fingerprint density at radius 2 is 1.90 bits per heavy atom. The zero-order valence-corrected chi connectivity index (χ0v) is 13.0. The molecule has 1 aromatic carbocycles. The molecule has 0 saturated carbocycles. The first-order valence-corrected chi connectivity index (χ1v) is 7.07. The number of aryl methyl sites for hydroxylation is 1. The Labute approximate surface area is 125 Å². The molecule has 1 rings (SSSR count). The highest BCUT2D eigenvalue weighted by Gasteiger charge is 2.35. The lowest BCUT2D eigenvalue weighted by molar-refractivity contribution is -0.148. The average Bonchev–Trinajstić information content (AvgIpc) is 2.41. The third-order valence-electron chi connectivity index (χ3n) is 3.32. The molecule has 0 bridgehead atoms. The number of benzene rings is 1. The number of aliphatic carboxylic acids is 1. The van der Waals surface area contributed by atoms with E-state index in [1.807, 2.05) is 26.0 Å². The summed E-state index contributed by atoms with van der Waals surface area (Å²) in [6, 6.07) is 7.33. The second-order valence-corrected chi connectivity index (χ2v) is 5.45. The molecule has 5 nitrogen and oxygen atoms in total. The van der Waals surface area contributed by atoms with E-state index < -0.39 is 23.5 Å². The molecule has 0 heterocycles. The standard InChI is InChI=1S/C16H23NO4/c1-5-10-16(4,15(19)20)17-14(18)12(3)21-13-8-6-11(2)7-9-13/h6-9,12H,5,10H2,1-4H3,(H,17,18)(H,19,20). The van der Waals surface area contributed by atoms with Crippen LogP contribution in [0.15, 0.2) is 24.3 Å². The number of carboxylic acids is 1. The number of amides is 1. The van der Waals surface area contributed by atoms with Crippen molar-refractivity contribution in [2.75, 3.05) is 0 Å². The Balaban J connectivity index is 2.69. The van der Waals surface area contributed by atoms with Crippen molar-refractivity contribution in [2.24, 2.45) is 0 Å². The van der Waals surface area contributed by atoms with Gasteiger partial charge >= 0.3 is 5.97 Å². The van der Waals surface area contributed by atoms with Crippen LogP contribution in [0.25, 0.3) is 0 Å². The highest BCUT2D eigenvalue weighted by Crippen LogP contribution is 2.16. The molecule has 1 aromatic rings. The number of carbonyl (C=O) groups excluding carboxylic acids is 1. The van der Waals surface area contributed by atoms with Gasteiger partial charge in [-0.1, -0.05) is 31.0 Å². The van der Waals surface area contributed by atoms with Gasteiger partial charge in [0.25, 0.3) is 5.91 Å². The summed E-state index contributed by atoms with van der Waals surface area (Å²) in [7, 11) is 0. The summed E-state index contributed by atoms with van der Waals surface area (Å²) >= 11 is 0. The summed E-state index contributed by atoms with van der Waals surface area (Å²) in [6.45, 7) is 6.95. The fourth-order valence-corrected chi connectivity index (χ4v) is 1.97. The Morgan fingerprint density at radius 1 is 1.33 bits per heavy atom. The first-order chi connectivity index (χ1) is 9.78. The van der Waals surface area contributed by atoms with Gasteiger partial charge < -0.3 is 15.2 Å². The Morgan fingerprint density at radius 3 is 2.38 bits per heavy atom. The van der Waals surface area contributed by atoms with E-state index in [1.54, 1.807) is 19.1 Å². The molecule has 1 amide bonds. The molecule has 0 aromatic heterocycles. The van der Waals surface area contributed by atoms with Gasteiger partial charge in [0, 0.05) is 0 Å². The number of ether oxygens (including phenoxy) is 1. The van der Waals surface area contributed by atoms with Crippen LogP contribution in [0, 0.1) is 6.92 Å². The molecular weight excluding hydrogens is 270 g/mol. The van der Waals surface area contributed by atoms with Crippen LogP contribution in [0.4, 0.5) is 0 Å². The lowest BCUT2D eigenvalue weighted by Crippen LogP contribution is -2.55. The second-order valence-electron chi connectivity index (χ2n) is 5.45. The van der Waals surface area contributed by atoms with Crippen molar-refractivity contribution in [1.82, 2.24) is 5.32 Å². The highest BCUT2D eigenvalue weighted by molar-refractivity contribution is 5.88. The van der Waals surface area contributed by atoms with E-state index in [0.717, 1.165) is 5.56 Å². The lowest BCUT2D eigenvalue weighted by atomic mass is 9.96. The van der Waals surface area contributed by atoms with E-state index >= 15 is 0 Å². The Bertz CT molecular complexity index is 498. The summed E-state index contributed by atoms with van der Waals surface area (Å²) in [5.41, 5.74) is -0.169. The van der Waals surface area contributed by atoms with E-state index in [1.165, 1.54) is 6.92 Å². The van der Waals surface area contributed by atoms with Crippen LogP contribution >= 0.6 is 0 Å². The van der Waals surface area contributed by atoms with Crippen LogP contribution in [0.5, 0.6) is 5.75 Å². The van der Waals surface area contributed by atoms with Gasteiger partial charge in [0.2, 0.25) is 0 Å². The van der Waals surface area contributed by atoms with Crippen molar-refractivity contribution in [1.29, 1.82) is 0 Å². The average molecular weight is 293 g/mol. The maximum atomic E-state index is 12.1. The van der Waals surface area contributed by atoms with Gasteiger partial charge in [-0.05, 0) is 39.3 Å². The van der Waals surface area contributed by atoms with Crippen molar-refractivity contribution in [3.8, 4) is 5.75 Å². The third kappa shape index (κ3) is 4.77. The minimum atomic E-state index is -1.27. The number of carboxylic acid groups (broad SMARTS) is 1. The predicted molar refractivity (Wildman–Crippen MR) is 80.4 cm³/mol. The second kappa shape index (κ2) is 7.11. The maximum absolute atomic E-state index is 12.1. The van der Waals surface area contributed by atoms with E-state index in [-0.39, 0.29) is 0 Å². The molecule has 2 unspecified atom stereocenters. The first-order valence-electron chi connectivity index (χ1n) is 7.07. The number of hydrogen-bond acceptors (Lipinski definition) is 3. The lowest BCUT2D eigenvalue weighted by Gasteiger charge is -2.27. The summed E-state index contributed by atoms with van der Waals surface area (Å²) in [4.78, 5) is 23.4. The number of hydrogen-bond donors (Lipinski definition) is 2. The molecule has 0 aliphatic heterocycles. The smallest absolute Gasteiger partial charge is 0.329 e. The van der Waals surface area contributed by atoms with Gasteiger partial charge in [-0.25, -0.2) is 4.79 Å². The van der Waals surface area contributed by atoms with Gasteiger partial charge in [-0.2, -0.15) is 0 Å². The minimum absolute atomic E-state index is 0.366.